The van der Waals surface area contributed by atoms with Gasteiger partial charge in [-0.1, -0.05) is 12.8 Å². The number of nitrogens with zero attached hydrogens (tertiary/aromatic N) is 3. The van der Waals surface area contributed by atoms with E-state index in [0.29, 0.717) is 6.54 Å². The van der Waals surface area contributed by atoms with E-state index in [1.54, 1.807) is 11.1 Å². The molecule has 2 atom stereocenters. The maximum Gasteiger partial charge on any atom is 0.226 e. The van der Waals surface area contributed by atoms with E-state index in [-0.39, 0.29) is 23.7 Å². The first-order valence-corrected chi connectivity index (χ1v) is 9.51. The molecule has 0 aromatic carbocycles. The van der Waals surface area contributed by atoms with Crippen molar-refractivity contribution in [2.24, 2.45) is 11.8 Å². The van der Waals surface area contributed by atoms with Gasteiger partial charge in [0.2, 0.25) is 11.8 Å². The average molecular weight is 343 g/mol. The Morgan fingerprint density at radius 2 is 1.84 bits per heavy atom. The molecule has 5 nitrogen and oxygen atoms in total. The Labute approximate surface area is 150 Å². The number of hydrogen-bond donors (Lipinski definition) is 0. The maximum atomic E-state index is 13.1. The third-order valence-corrected chi connectivity index (χ3v) is 5.74. The van der Waals surface area contributed by atoms with Gasteiger partial charge in [-0.25, -0.2) is 0 Å². The van der Waals surface area contributed by atoms with E-state index >= 15 is 0 Å². The van der Waals surface area contributed by atoms with Crippen molar-refractivity contribution in [1.29, 1.82) is 0 Å². The highest BCUT2D eigenvalue weighted by molar-refractivity contribution is 5.88. The highest BCUT2D eigenvalue weighted by Crippen LogP contribution is 2.34. The van der Waals surface area contributed by atoms with Crippen LogP contribution in [-0.2, 0) is 16.1 Å². The fraction of sp³-hybridized carbons (Fsp3) is 0.650. The molecule has 2 amide bonds. The smallest absolute Gasteiger partial charge is 0.226 e. The van der Waals surface area contributed by atoms with Gasteiger partial charge in [-0.3, -0.25) is 14.6 Å². The van der Waals surface area contributed by atoms with Crippen LogP contribution in [0.3, 0.4) is 0 Å². The molecule has 0 radical (unpaired) electrons. The summed E-state index contributed by atoms with van der Waals surface area (Å²) in [5.74, 6) is 0.0480. The van der Waals surface area contributed by atoms with E-state index in [2.05, 4.69) is 4.98 Å². The maximum absolute atomic E-state index is 13.1. The number of hydrogen-bond acceptors (Lipinski definition) is 3. The number of pyridine rings is 1. The Morgan fingerprint density at radius 1 is 1.16 bits per heavy atom. The average Bonchev–Trinajstić information content (AvgIpc) is 3.17. The molecule has 136 valence electrons. The number of rotatable bonds is 4. The largest absolute Gasteiger partial charge is 0.342 e. The summed E-state index contributed by atoms with van der Waals surface area (Å²) in [6.07, 6.45) is 9.58. The van der Waals surface area contributed by atoms with Gasteiger partial charge >= 0.3 is 0 Å². The summed E-state index contributed by atoms with van der Waals surface area (Å²) in [5.41, 5.74) is 2.21. The summed E-state index contributed by atoms with van der Waals surface area (Å²) in [5, 5.41) is 0. The molecule has 0 N–H and O–H groups in total. The third kappa shape index (κ3) is 4.02. The second-order valence-electron chi connectivity index (χ2n) is 7.53. The second kappa shape index (κ2) is 7.98. The molecule has 1 saturated heterocycles. The molecule has 0 unspecified atom stereocenters. The van der Waals surface area contributed by atoms with Crippen molar-refractivity contribution in [3.63, 3.8) is 0 Å². The van der Waals surface area contributed by atoms with Crippen molar-refractivity contribution in [3.05, 3.63) is 29.6 Å². The lowest BCUT2D eigenvalue weighted by Gasteiger charge is -2.34. The normalized spacial score (nSPS) is 23.5. The summed E-state index contributed by atoms with van der Waals surface area (Å²) in [4.78, 5) is 33.9. The summed E-state index contributed by atoms with van der Waals surface area (Å²) in [7, 11) is 1.86. The van der Waals surface area contributed by atoms with Crippen molar-refractivity contribution in [2.75, 3.05) is 20.1 Å². The van der Waals surface area contributed by atoms with Crippen LogP contribution >= 0.6 is 0 Å². The molecule has 1 aliphatic carbocycles. The van der Waals surface area contributed by atoms with Gasteiger partial charge in [0.05, 0.1) is 0 Å². The lowest BCUT2D eigenvalue weighted by Crippen LogP contribution is -2.45. The zero-order valence-electron chi connectivity index (χ0n) is 15.4. The summed E-state index contributed by atoms with van der Waals surface area (Å²) < 4.78 is 0. The van der Waals surface area contributed by atoms with E-state index in [0.717, 1.165) is 62.7 Å². The van der Waals surface area contributed by atoms with Crippen LogP contribution in [0.5, 0.6) is 0 Å². The Bertz CT molecular complexity index is 625. The van der Waals surface area contributed by atoms with Crippen LogP contribution < -0.4 is 0 Å². The van der Waals surface area contributed by atoms with Crippen LogP contribution in [-0.4, -0.2) is 46.7 Å². The van der Waals surface area contributed by atoms with Gasteiger partial charge < -0.3 is 9.80 Å². The van der Waals surface area contributed by atoms with Crippen LogP contribution in [0.25, 0.3) is 0 Å². The van der Waals surface area contributed by atoms with Crippen LogP contribution in [0.2, 0.25) is 0 Å². The molecule has 1 aromatic heterocycles. The van der Waals surface area contributed by atoms with Crippen molar-refractivity contribution >= 4 is 11.8 Å². The van der Waals surface area contributed by atoms with Crippen LogP contribution in [0.1, 0.15) is 49.7 Å². The lowest BCUT2D eigenvalue weighted by molar-refractivity contribution is -0.147. The van der Waals surface area contributed by atoms with Crippen LogP contribution in [0.15, 0.2) is 18.5 Å². The number of likely N-dealkylation sites (tertiary alicyclic amines) is 1. The summed E-state index contributed by atoms with van der Waals surface area (Å²) >= 11 is 0. The van der Waals surface area contributed by atoms with Gasteiger partial charge in [0.25, 0.3) is 0 Å². The van der Waals surface area contributed by atoms with Gasteiger partial charge in [-0.2, -0.15) is 0 Å². The number of aryl methyl sites for hydroxylation is 1. The highest BCUT2D eigenvalue weighted by Gasteiger charge is 2.39. The molecule has 2 heterocycles. The standard InChI is InChI=1S/C20H29N3O2/c1-15-13-21-10-9-16(15)14-22(2)19(24)17-7-3-4-8-18(17)20(25)23-11-5-6-12-23/h9-10,13,17-18H,3-8,11-12,14H2,1-2H3/t17-,18+/m1/s1. The van der Waals surface area contributed by atoms with Gasteiger partial charge in [0.1, 0.15) is 0 Å². The molecular formula is C20H29N3O2. The van der Waals surface area contributed by atoms with E-state index in [1.807, 2.05) is 31.1 Å². The zero-order chi connectivity index (χ0) is 17.8. The molecular weight excluding hydrogens is 314 g/mol. The van der Waals surface area contributed by atoms with Gasteiger partial charge in [-0.15, -0.1) is 0 Å². The van der Waals surface area contributed by atoms with E-state index < -0.39 is 0 Å². The van der Waals surface area contributed by atoms with Crippen molar-refractivity contribution in [3.8, 4) is 0 Å². The number of carbonyl (C=O) groups excluding carboxylic acids is 2. The minimum atomic E-state index is -0.158. The second-order valence-corrected chi connectivity index (χ2v) is 7.53. The Balaban J connectivity index is 1.69. The molecule has 2 aliphatic rings. The molecule has 5 heteroatoms. The summed E-state index contributed by atoms with van der Waals surface area (Å²) in [6, 6.07) is 1.97. The molecule has 1 saturated carbocycles. The number of amides is 2. The number of carbonyl (C=O) groups is 2. The zero-order valence-corrected chi connectivity index (χ0v) is 15.4. The Kier molecular flexibility index (Phi) is 5.71. The number of aromatic nitrogens is 1. The van der Waals surface area contributed by atoms with E-state index in [4.69, 9.17) is 0 Å². The topological polar surface area (TPSA) is 53.5 Å². The van der Waals surface area contributed by atoms with Crippen molar-refractivity contribution in [1.82, 2.24) is 14.8 Å². The molecule has 0 bridgehead atoms. The fourth-order valence-corrected chi connectivity index (χ4v) is 4.19. The SMILES string of the molecule is Cc1cnccc1CN(C)C(=O)[C@@H]1CCCC[C@@H]1C(=O)N1CCCC1. The van der Waals surface area contributed by atoms with E-state index in [1.165, 1.54) is 0 Å². The molecule has 3 rings (SSSR count). The predicted octanol–water partition coefficient (Wildman–Crippen LogP) is 2.78. The first-order chi connectivity index (χ1) is 12.1. The third-order valence-electron chi connectivity index (χ3n) is 5.74. The minimum Gasteiger partial charge on any atom is -0.342 e. The fourth-order valence-electron chi connectivity index (χ4n) is 4.19. The molecule has 1 aromatic rings. The van der Waals surface area contributed by atoms with E-state index in [9.17, 15) is 9.59 Å². The highest BCUT2D eigenvalue weighted by atomic mass is 16.2. The Hall–Kier alpha value is -1.91. The minimum absolute atomic E-state index is 0.119. The first kappa shape index (κ1) is 17.9. The predicted molar refractivity (Wildman–Crippen MR) is 96.7 cm³/mol. The van der Waals surface area contributed by atoms with Crippen LogP contribution in [0.4, 0.5) is 0 Å². The summed E-state index contributed by atoms with van der Waals surface area (Å²) in [6.45, 7) is 4.32. The van der Waals surface area contributed by atoms with Crippen molar-refractivity contribution < 1.29 is 9.59 Å². The van der Waals surface area contributed by atoms with Gasteiger partial charge in [-0.05, 0) is 49.8 Å². The molecule has 25 heavy (non-hydrogen) atoms. The molecule has 0 spiro atoms. The molecule has 2 fully saturated rings. The first-order valence-electron chi connectivity index (χ1n) is 9.51. The molecule has 1 aliphatic heterocycles. The van der Waals surface area contributed by atoms with Crippen molar-refractivity contribution in [2.45, 2.75) is 52.0 Å². The quantitative estimate of drug-likeness (QED) is 0.845. The van der Waals surface area contributed by atoms with Crippen LogP contribution in [0, 0.1) is 18.8 Å². The lowest BCUT2D eigenvalue weighted by atomic mass is 9.77. The Morgan fingerprint density at radius 3 is 2.52 bits per heavy atom. The monoisotopic (exact) mass is 343 g/mol. The van der Waals surface area contributed by atoms with Gasteiger partial charge in [0, 0.05) is 50.9 Å². The van der Waals surface area contributed by atoms with Gasteiger partial charge in [0.15, 0.2) is 0 Å².